The highest BCUT2D eigenvalue weighted by atomic mass is 15.1. The van der Waals surface area contributed by atoms with Gasteiger partial charge >= 0.3 is 0 Å². The third-order valence-electron chi connectivity index (χ3n) is 4.17. The molecule has 2 aromatic carbocycles. The lowest BCUT2D eigenvalue weighted by Gasteiger charge is -2.09. The number of hydrogen-bond donors (Lipinski definition) is 1. The molecule has 0 aliphatic heterocycles. The lowest BCUT2D eigenvalue weighted by atomic mass is 10.1. The van der Waals surface area contributed by atoms with E-state index in [1.807, 2.05) is 12.1 Å². The summed E-state index contributed by atoms with van der Waals surface area (Å²) < 4.78 is 2.36. The Bertz CT molecular complexity index is 812. The van der Waals surface area contributed by atoms with Crippen LogP contribution in [0.15, 0.2) is 42.5 Å². The summed E-state index contributed by atoms with van der Waals surface area (Å²) in [4.78, 5) is 4.84. The maximum Gasteiger partial charge on any atom is 0.113 e. The molecule has 3 aromatic rings. The van der Waals surface area contributed by atoms with Gasteiger partial charge in [0.25, 0.3) is 0 Å². The Morgan fingerprint density at radius 3 is 2.81 bits per heavy atom. The van der Waals surface area contributed by atoms with Crippen molar-refractivity contribution in [2.75, 3.05) is 5.73 Å². The first-order chi connectivity index (χ1) is 10.2. The molecule has 1 aromatic heterocycles. The highest BCUT2D eigenvalue weighted by Crippen LogP contribution is 2.41. The second-order valence-electron chi connectivity index (χ2n) is 6.07. The zero-order valence-electron chi connectivity index (χ0n) is 12.2. The third kappa shape index (κ3) is 2.29. The summed E-state index contributed by atoms with van der Waals surface area (Å²) in [5.41, 5.74) is 11.5. The molecule has 0 saturated heterocycles. The Hall–Kier alpha value is -2.29. The van der Waals surface area contributed by atoms with E-state index < -0.39 is 0 Å². The minimum absolute atomic E-state index is 0.628. The van der Waals surface area contributed by atoms with Gasteiger partial charge in [0.1, 0.15) is 5.82 Å². The van der Waals surface area contributed by atoms with E-state index in [2.05, 4.69) is 41.8 Å². The summed E-state index contributed by atoms with van der Waals surface area (Å²) in [6, 6.07) is 14.7. The highest BCUT2D eigenvalue weighted by Gasteiger charge is 2.29. The monoisotopic (exact) mass is 277 g/mol. The first kappa shape index (κ1) is 12.5. The van der Waals surface area contributed by atoms with Crippen LogP contribution in [-0.4, -0.2) is 9.55 Å². The Labute approximate surface area is 124 Å². The van der Waals surface area contributed by atoms with Crippen molar-refractivity contribution in [3.05, 3.63) is 59.4 Å². The standard InChI is InChI=1S/C18H19N3/c1-12-3-2-4-13(9-12)11-21-17-8-7-15(19)10-16(17)20-18(21)14-5-6-14/h2-4,7-10,14H,5-6,11,19H2,1H3. The number of benzene rings is 2. The molecular weight excluding hydrogens is 258 g/mol. The van der Waals surface area contributed by atoms with Crippen LogP contribution >= 0.6 is 0 Å². The Morgan fingerprint density at radius 2 is 2.05 bits per heavy atom. The van der Waals surface area contributed by atoms with Gasteiger partial charge < -0.3 is 10.3 Å². The van der Waals surface area contributed by atoms with Crippen molar-refractivity contribution in [1.82, 2.24) is 9.55 Å². The minimum atomic E-state index is 0.628. The lowest BCUT2D eigenvalue weighted by Crippen LogP contribution is -2.04. The smallest absolute Gasteiger partial charge is 0.113 e. The fourth-order valence-corrected chi connectivity index (χ4v) is 2.98. The van der Waals surface area contributed by atoms with Crippen molar-refractivity contribution in [3.8, 4) is 0 Å². The van der Waals surface area contributed by atoms with Gasteiger partial charge in [-0.3, -0.25) is 0 Å². The van der Waals surface area contributed by atoms with Crippen LogP contribution in [0, 0.1) is 6.92 Å². The molecule has 21 heavy (non-hydrogen) atoms. The Morgan fingerprint density at radius 1 is 1.19 bits per heavy atom. The van der Waals surface area contributed by atoms with Gasteiger partial charge in [-0.25, -0.2) is 4.98 Å². The van der Waals surface area contributed by atoms with Crippen LogP contribution in [0.5, 0.6) is 0 Å². The number of aryl methyl sites for hydroxylation is 1. The number of imidazole rings is 1. The molecule has 1 fully saturated rings. The van der Waals surface area contributed by atoms with Crippen LogP contribution in [0.2, 0.25) is 0 Å². The third-order valence-corrected chi connectivity index (χ3v) is 4.17. The molecule has 0 atom stereocenters. The van der Waals surface area contributed by atoms with Gasteiger partial charge in [-0.05, 0) is 43.5 Å². The topological polar surface area (TPSA) is 43.8 Å². The zero-order valence-corrected chi connectivity index (χ0v) is 12.2. The average Bonchev–Trinajstić information content (AvgIpc) is 3.23. The van der Waals surface area contributed by atoms with Crippen LogP contribution in [0.25, 0.3) is 11.0 Å². The van der Waals surface area contributed by atoms with E-state index in [9.17, 15) is 0 Å². The van der Waals surface area contributed by atoms with Crippen LogP contribution < -0.4 is 5.73 Å². The van der Waals surface area contributed by atoms with Crippen molar-refractivity contribution in [1.29, 1.82) is 0 Å². The molecule has 2 N–H and O–H groups in total. The van der Waals surface area contributed by atoms with Crippen molar-refractivity contribution >= 4 is 16.7 Å². The molecule has 1 aliphatic carbocycles. The Kier molecular flexibility index (Phi) is 2.74. The fourth-order valence-electron chi connectivity index (χ4n) is 2.98. The maximum absolute atomic E-state index is 5.90. The summed E-state index contributed by atoms with van der Waals surface area (Å²) in [5, 5.41) is 0. The quantitative estimate of drug-likeness (QED) is 0.739. The van der Waals surface area contributed by atoms with E-state index in [1.165, 1.54) is 35.3 Å². The SMILES string of the molecule is Cc1cccc(Cn2c(C3CC3)nc3cc(N)ccc32)c1. The number of aromatic nitrogens is 2. The van der Waals surface area contributed by atoms with Gasteiger partial charge in [-0.1, -0.05) is 29.8 Å². The van der Waals surface area contributed by atoms with E-state index >= 15 is 0 Å². The second kappa shape index (κ2) is 4.62. The number of nitrogens with zero attached hydrogens (tertiary/aromatic N) is 2. The molecule has 3 heteroatoms. The first-order valence-electron chi connectivity index (χ1n) is 7.52. The lowest BCUT2D eigenvalue weighted by molar-refractivity contribution is 0.746. The molecule has 0 radical (unpaired) electrons. The highest BCUT2D eigenvalue weighted by molar-refractivity contribution is 5.80. The van der Waals surface area contributed by atoms with Crippen LogP contribution in [0.1, 0.15) is 35.7 Å². The van der Waals surface area contributed by atoms with Gasteiger partial charge in [0.2, 0.25) is 0 Å². The number of hydrogen-bond acceptors (Lipinski definition) is 2. The van der Waals surface area contributed by atoms with E-state index in [0.29, 0.717) is 5.92 Å². The zero-order chi connectivity index (χ0) is 14.4. The van der Waals surface area contributed by atoms with Crippen LogP contribution in [-0.2, 0) is 6.54 Å². The molecule has 1 heterocycles. The molecule has 3 nitrogen and oxygen atoms in total. The summed E-state index contributed by atoms with van der Waals surface area (Å²) in [7, 11) is 0. The van der Waals surface area contributed by atoms with Crippen molar-refractivity contribution in [2.24, 2.45) is 0 Å². The number of fused-ring (bicyclic) bond motifs is 1. The van der Waals surface area contributed by atoms with Crippen molar-refractivity contribution < 1.29 is 0 Å². The number of rotatable bonds is 3. The van der Waals surface area contributed by atoms with Crippen molar-refractivity contribution in [2.45, 2.75) is 32.2 Å². The molecule has 0 unspecified atom stereocenters. The van der Waals surface area contributed by atoms with Crippen LogP contribution in [0.3, 0.4) is 0 Å². The molecule has 106 valence electrons. The van der Waals surface area contributed by atoms with E-state index in [4.69, 9.17) is 10.7 Å². The molecule has 0 amide bonds. The van der Waals surface area contributed by atoms with Gasteiger partial charge in [0.05, 0.1) is 11.0 Å². The van der Waals surface area contributed by atoms with Gasteiger partial charge in [0.15, 0.2) is 0 Å². The minimum Gasteiger partial charge on any atom is -0.399 e. The van der Waals surface area contributed by atoms with E-state index in [0.717, 1.165) is 17.7 Å². The largest absolute Gasteiger partial charge is 0.399 e. The van der Waals surface area contributed by atoms with Gasteiger partial charge in [-0.2, -0.15) is 0 Å². The molecule has 1 saturated carbocycles. The molecule has 1 aliphatic rings. The summed E-state index contributed by atoms with van der Waals surface area (Å²) in [6.45, 7) is 3.02. The Balaban J connectivity index is 1.84. The summed E-state index contributed by atoms with van der Waals surface area (Å²) in [5.74, 6) is 1.85. The summed E-state index contributed by atoms with van der Waals surface area (Å²) in [6.07, 6.45) is 2.51. The molecular formula is C18H19N3. The predicted molar refractivity (Wildman–Crippen MR) is 86.4 cm³/mol. The number of anilines is 1. The average molecular weight is 277 g/mol. The second-order valence-corrected chi connectivity index (χ2v) is 6.07. The van der Waals surface area contributed by atoms with E-state index in [1.54, 1.807) is 0 Å². The van der Waals surface area contributed by atoms with Crippen LogP contribution in [0.4, 0.5) is 5.69 Å². The maximum atomic E-state index is 5.90. The molecule has 0 bridgehead atoms. The summed E-state index contributed by atoms with van der Waals surface area (Å²) >= 11 is 0. The normalized spacial score (nSPS) is 14.7. The first-order valence-corrected chi connectivity index (χ1v) is 7.52. The van der Waals surface area contributed by atoms with E-state index in [-0.39, 0.29) is 0 Å². The van der Waals surface area contributed by atoms with Gasteiger partial charge in [0, 0.05) is 18.2 Å². The van der Waals surface area contributed by atoms with Crippen molar-refractivity contribution in [3.63, 3.8) is 0 Å². The number of nitrogens with two attached hydrogens (primary N) is 1. The number of nitrogen functional groups attached to an aromatic ring is 1. The molecule has 0 spiro atoms. The predicted octanol–water partition coefficient (Wildman–Crippen LogP) is 3.85. The van der Waals surface area contributed by atoms with Gasteiger partial charge in [-0.15, -0.1) is 0 Å². The molecule has 4 rings (SSSR count). The fraction of sp³-hybridized carbons (Fsp3) is 0.278.